The topological polar surface area (TPSA) is 95.7 Å². The number of rotatable bonds is 3. The van der Waals surface area contributed by atoms with Gasteiger partial charge in [-0.15, -0.1) is 11.8 Å². The molecule has 0 saturated carbocycles. The molecule has 1 unspecified atom stereocenters. The monoisotopic (exact) mass is 321 g/mol. The lowest BCUT2D eigenvalue weighted by atomic mass is 10.2. The molecule has 0 amide bonds. The van der Waals surface area contributed by atoms with E-state index in [0.717, 1.165) is 5.69 Å². The molecule has 1 aromatic carbocycles. The summed E-state index contributed by atoms with van der Waals surface area (Å²) >= 11 is 1.34. The first-order valence-electron chi connectivity index (χ1n) is 6.68. The number of aliphatic carboxylic acids is 1. The Kier molecular flexibility index (Phi) is 3.79. The van der Waals surface area contributed by atoms with Gasteiger partial charge in [-0.25, -0.2) is 9.78 Å². The fourth-order valence-corrected chi connectivity index (χ4v) is 3.41. The van der Waals surface area contributed by atoms with Crippen molar-refractivity contribution in [3.63, 3.8) is 0 Å². The minimum Gasteiger partial charge on any atom is -0.480 e. The lowest BCUT2D eigenvalue weighted by Crippen LogP contribution is -2.35. The van der Waals surface area contributed by atoms with E-state index >= 15 is 0 Å². The van der Waals surface area contributed by atoms with Gasteiger partial charge in [0.15, 0.2) is 11.3 Å². The largest absolute Gasteiger partial charge is 0.480 e. The van der Waals surface area contributed by atoms with Crippen molar-refractivity contribution in [1.82, 2.24) is 10.3 Å². The average Bonchev–Trinajstić information content (AvgIpc) is 2.95. The third-order valence-electron chi connectivity index (χ3n) is 3.44. The maximum atomic E-state index is 12.1. The molecule has 116 valence electrons. The molecule has 2 N–H and O–H groups in total. The Morgan fingerprint density at radius 1 is 1.50 bits per heavy atom. The fourth-order valence-electron chi connectivity index (χ4n) is 2.22. The van der Waals surface area contributed by atoms with Gasteiger partial charge in [-0.2, -0.15) is 0 Å². The van der Waals surface area contributed by atoms with E-state index in [0.29, 0.717) is 16.9 Å². The van der Waals surface area contributed by atoms with E-state index in [2.05, 4.69) is 10.3 Å². The molecule has 1 fully saturated rings. The van der Waals surface area contributed by atoms with Crippen LogP contribution in [-0.4, -0.2) is 41.9 Å². The number of aromatic nitrogens is 1. The van der Waals surface area contributed by atoms with Crippen molar-refractivity contribution >= 4 is 34.5 Å². The quantitative estimate of drug-likeness (QED) is 0.866. The van der Waals surface area contributed by atoms with Gasteiger partial charge in [-0.05, 0) is 12.1 Å². The van der Waals surface area contributed by atoms with E-state index in [4.69, 9.17) is 9.52 Å². The molecule has 0 spiro atoms. The second kappa shape index (κ2) is 5.62. The van der Waals surface area contributed by atoms with Gasteiger partial charge in [0, 0.05) is 31.6 Å². The van der Waals surface area contributed by atoms with Crippen molar-refractivity contribution in [3.8, 4) is 0 Å². The minimum absolute atomic E-state index is 0.207. The Balaban J connectivity index is 1.98. The van der Waals surface area contributed by atoms with Gasteiger partial charge in [0.1, 0.15) is 16.9 Å². The molecule has 0 bridgehead atoms. The van der Waals surface area contributed by atoms with E-state index in [1.807, 2.05) is 25.1 Å². The number of hydrogen-bond acceptors (Lipinski definition) is 7. The fraction of sp³-hybridized carbons (Fsp3) is 0.357. The molecule has 22 heavy (non-hydrogen) atoms. The molecule has 3 rings (SSSR count). The summed E-state index contributed by atoms with van der Waals surface area (Å²) in [6.07, 6.45) is 0. The zero-order valence-electron chi connectivity index (χ0n) is 12.1. The van der Waals surface area contributed by atoms with Crippen LogP contribution in [0.25, 0.3) is 11.1 Å². The van der Waals surface area contributed by atoms with Gasteiger partial charge in [0.05, 0.1) is 0 Å². The van der Waals surface area contributed by atoms with Crippen LogP contribution < -0.4 is 15.8 Å². The average molecular weight is 321 g/mol. The zero-order valence-corrected chi connectivity index (χ0v) is 12.9. The van der Waals surface area contributed by atoms with E-state index < -0.39 is 23.0 Å². The van der Waals surface area contributed by atoms with Crippen LogP contribution in [0.4, 0.5) is 5.69 Å². The molecule has 2 atom stereocenters. The molecule has 2 heterocycles. The maximum absolute atomic E-state index is 12.1. The predicted molar refractivity (Wildman–Crippen MR) is 84.4 cm³/mol. The summed E-state index contributed by atoms with van der Waals surface area (Å²) in [5.41, 5.74) is 1.56. The van der Waals surface area contributed by atoms with E-state index in [1.165, 1.54) is 11.8 Å². The lowest BCUT2D eigenvalue weighted by molar-refractivity contribution is -0.138. The van der Waals surface area contributed by atoms with Crippen LogP contribution in [0.5, 0.6) is 0 Å². The van der Waals surface area contributed by atoms with Crippen LogP contribution in [0.1, 0.15) is 11.1 Å². The first-order chi connectivity index (χ1) is 10.5. The Bertz CT molecular complexity index is 789. The molecule has 8 heteroatoms. The second-order valence-electron chi connectivity index (χ2n) is 5.20. The van der Waals surface area contributed by atoms with Crippen molar-refractivity contribution in [2.45, 2.75) is 11.4 Å². The number of thioether (sulfide) groups is 1. The van der Waals surface area contributed by atoms with Crippen molar-refractivity contribution in [3.05, 3.63) is 34.3 Å². The van der Waals surface area contributed by atoms with Gasteiger partial charge >= 0.3 is 11.6 Å². The number of nitrogens with zero attached hydrogens (tertiary/aromatic N) is 2. The minimum atomic E-state index is -0.934. The summed E-state index contributed by atoms with van der Waals surface area (Å²) < 4.78 is 5.35. The van der Waals surface area contributed by atoms with Crippen LogP contribution in [0.2, 0.25) is 0 Å². The van der Waals surface area contributed by atoms with Gasteiger partial charge in [0.2, 0.25) is 0 Å². The van der Waals surface area contributed by atoms with Gasteiger partial charge in [0.25, 0.3) is 0 Å². The number of carbonyl (C=O) groups is 1. The number of fused-ring (bicyclic) bond motifs is 1. The normalized spacial score (nSPS) is 21.2. The van der Waals surface area contributed by atoms with E-state index in [-0.39, 0.29) is 5.69 Å². The maximum Gasteiger partial charge on any atom is 0.360 e. The molecular weight excluding hydrogens is 306 g/mol. The number of nitrogens with one attached hydrogen (secondary N) is 1. The molecule has 1 saturated heterocycles. The number of carboxylic acid groups (broad SMARTS) is 1. The molecular formula is C14H15N3O4S. The Morgan fingerprint density at radius 2 is 2.27 bits per heavy atom. The van der Waals surface area contributed by atoms with Gasteiger partial charge in [-0.1, -0.05) is 0 Å². The number of carboxylic acids is 1. The molecule has 2 aromatic rings. The highest BCUT2D eigenvalue weighted by molar-refractivity contribution is 7.99. The van der Waals surface area contributed by atoms with Crippen LogP contribution in [-0.2, 0) is 4.79 Å². The van der Waals surface area contributed by atoms with Gasteiger partial charge in [-0.3, -0.25) is 10.1 Å². The summed E-state index contributed by atoms with van der Waals surface area (Å²) in [4.78, 5) is 29.4. The Labute approximate surface area is 130 Å². The highest BCUT2D eigenvalue weighted by Crippen LogP contribution is 2.31. The van der Waals surface area contributed by atoms with Crippen molar-refractivity contribution in [2.75, 3.05) is 24.7 Å². The molecule has 0 aliphatic carbocycles. The number of hydrogen-bond donors (Lipinski definition) is 2. The molecule has 7 nitrogen and oxygen atoms in total. The SMILES string of the molecule is CN(C)c1ccc2nc(C3N[C@H](C(=O)O)CS3)c(=O)oc2c1. The lowest BCUT2D eigenvalue weighted by Gasteiger charge is -2.13. The van der Waals surface area contributed by atoms with Crippen LogP contribution in [0.3, 0.4) is 0 Å². The third kappa shape index (κ3) is 2.67. The highest BCUT2D eigenvalue weighted by Gasteiger charge is 2.33. The highest BCUT2D eigenvalue weighted by atomic mass is 32.2. The summed E-state index contributed by atoms with van der Waals surface area (Å²) in [6.45, 7) is 0. The smallest absolute Gasteiger partial charge is 0.360 e. The predicted octanol–water partition coefficient (Wildman–Crippen LogP) is 1.04. The Hall–Kier alpha value is -2.06. The van der Waals surface area contributed by atoms with Crippen LogP contribution in [0, 0.1) is 0 Å². The van der Waals surface area contributed by atoms with Crippen LogP contribution >= 0.6 is 11.8 Å². The van der Waals surface area contributed by atoms with Crippen molar-refractivity contribution in [2.24, 2.45) is 0 Å². The number of benzene rings is 1. The second-order valence-corrected chi connectivity index (χ2v) is 6.34. The zero-order chi connectivity index (χ0) is 15.9. The van der Waals surface area contributed by atoms with Crippen molar-refractivity contribution in [1.29, 1.82) is 0 Å². The Morgan fingerprint density at radius 3 is 2.91 bits per heavy atom. The van der Waals surface area contributed by atoms with Crippen LogP contribution in [0.15, 0.2) is 27.4 Å². The first kappa shape index (κ1) is 14.9. The summed E-state index contributed by atoms with van der Waals surface area (Å²) in [6, 6.07) is 4.74. The standard InChI is InChI=1S/C14H15N3O4S/c1-17(2)7-3-4-8-10(5-7)21-14(20)11(15-8)12-16-9(6-22-12)13(18)19/h3-5,9,12,16H,6H2,1-2H3,(H,18,19)/t9-,12?/m0/s1. The summed E-state index contributed by atoms with van der Waals surface area (Å²) in [7, 11) is 3.79. The third-order valence-corrected chi connectivity index (χ3v) is 4.66. The summed E-state index contributed by atoms with van der Waals surface area (Å²) in [5.74, 6) is -0.547. The number of anilines is 1. The van der Waals surface area contributed by atoms with E-state index in [1.54, 1.807) is 12.1 Å². The van der Waals surface area contributed by atoms with E-state index in [9.17, 15) is 9.59 Å². The first-order valence-corrected chi connectivity index (χ1v) is 7.73. The molecule has 1 aromatic heterocycles. The van der Waals surface area contributed by atoms with Gasteiger partial charge < -0.3 is 14.4 Å². The summed E-state index contributed by atoms with van der Waals surface area (Å²) in [5, 5.41) is 11.4. The van der Waals surface area contributed by atoms with Crippen molar-refractivity contribution < 1.29 is 14.3 Å². The molecule has 1 aliphatic rings. The molecule has 0 radical (unpaired) electrons. The molecule has 1 aliphatic heterocycles.